The van der Waals surface area contributed by atoms with Gasteiger partial charge in [-0.2, -0.15) is 0 Å². The maximum absolute atomic E-state index is 12.0. The van der Waals surface area contributed by atoms with Gasteiger partial charge in [0.25, 0.3) is 0 Å². The molecule has 1 amide bonds. The normalized spacial score (nSPS) is 16.3. The van der Waals surface area contributed by atoms with Crippen LogP contribution in [0.1, 0.15) is 45.7 Å². The van der Waals surface area contributed by atoms with Gasteiger partial charge in [0.05, 0.1) is 33.0 Å². The fraction of sp³-hybridized carbons (Fsp3) is 0.205. The smallest absolute Gasteiger partial charge is 0.407 e. The summed E-state index contributed by atoms with van der Waals surface area (Å²) in [4.78, 5) is 13.5. The number of ether oxygens (including phenoxy) is 3. The summed E-state index contributed by atoms with van der Waals surface area (Å²) in [6.07, 6.45) is -0.576. The van der Waals surface area contributed by atoms with E-state index in [0.717, 1.165) is 49.9 Å². The molecule has 6 nitrogen and oxygen atoms in total. The molecule has 50 heavy (non-hydrogen) atoms. The first kappa shape index (κ1) is 33.1. The Labute approximate surface area is 293 Å². The first-order valence-electron chi connectivity index (χ1n) is 17.1. The van der Waals surface area contributed by atoms with Crippen LogP contribution in [-0.2, 0) is 28.3 Å². The standard InChI is InChI=1S/C44H41NO5/c1-48-42-35(26-25-33-13-11-12-20-40(33)42)31-49-41-29-45(43(46)47)28-27-39(41)34-23-21-32(22-24-34)30-50-44(36-14-5-2-6-15-36,37-16-7-3-8-17-37)38-18-9-4-10-19-38/h2-26,39,41H,27-31H2,1H3,(H,46,47). The number of piperidine rings is 1. The van der Waals surface area contributed by atoms with Crippen molar-refractivity contribution >= 4 is 16.9 Å². The Hall–Kier alpha value is -5.43. The van der Waals surface area contributed by atoms with Gasteiger partial charge in [0, 0.05) is 23.4 Å². The summed E-state index contributed by atoms with van der Waals surface area (Å²) < 4.78 is 19.4. The lowest BCUT2D eigenvalue weighted by Crippen LogP contribution is -2.46. The summed E-state index contributed by atoms with van der Waals surface area (Å²) in [6, 6.07) is 51.9. The van der Waals surface area contributed by atoms with Crippen LogP contribution in [0.15, 0.2) is 152 Å². The lowest BCUT2D eigenvalue weighted by molar-refractivity contribution is -0.0204. The van der Waals surface area contributed by atoms with Crippen LogP contribution in [0, 0.1) is 0 Å². The van der Waals surface area contributed by atoms with Gasteiger partial charge in [0.15, 0.2) is 0 Å². The minimum absolute atomic E-state index is 0.0315. The van der Waals surface area contributed by atoms with Crippen LogP contribution in [0.5, 0.6) is 5.75 Å². The molecule has 1 N–H and O–H groups in total. The van der Waals surface area contributed by atoms with E-state index in [2.05, 4.69) is 109 Å². The van der Waals surface area contributed by atoms with Crippen LogP contribution < -0.4 is 4.74 Å². The molecule has 0 spiro atoms. The highest BCUT2D eigenvalue weighted by atomic mass is 16.5. The van der Waals surface area contributed by atoms with E-state index in [1.165, 1.54) is 4.90 Å². The molecule has 1 saturated heterocycles. The van der Waals surface area contributed by atoms with Crippen molar-refractivity contribution in [2.75, 3.05) is 20.2 Å². The Kier molecular flexibility index (Phi) is 9.92. The molecule has 6 aromatic carbocycles. The fourth-order valence-corrected chi connectivity index (χ4v) is 7.30. The summed E-state index contributed by atoms with van der Waals surface area (Å²) >= 11 is 0. The number of carboxylic acid groups (broad SMARTS) is 1. The predicted molar refractivity (Wildman–Crippen MR) is 196 cm³/mol. The molecule has 0 aromatic heterocycles. The highest BCUT2D eigenvalue weighted by Crippen LogP contribution is 2.41. The number of rotatable bonds is 11. The Bertz CT molecular complexity index is 1920. The maximum Gasteiger partial charge on any atom is 0.407 e. The van der Waals surface area contributed by atoms with E-state index in [9.17, 15) is 9.90 Å². The van der Waals surface area contributed by atoms with Gasteiger partial charge in [0.1, 0.15) is 11.4 Å². The van der Waals surface area contributed by atoms with Gasteiger partial charge in [-0.1, -0.05) is 152 Å². The third kappa shape index (κ3) is 6.73. The molecule has 2 unspecified atom stereocenters. The van der Waals surface area contributed by atoms with Crippen LogP contribution >= 0.6 is 0 Å². The molecule has 6 aromatic rings. The molecule has 7 rings (SSSR count). The van der Waals surface area contributed by atoms with Crippen LogP contribution in [0.3, 0.4) is 0 Å². The van der Waals surface area contributed by atoms with Crippen molar-refractivity contribution in [2.45, 2.75) is 37.3 Å². The third-order valence-electron chi connectivity index (χ3n) is 9.85. The molecule has 1 aliphatic rings. The first-order valence-corrected chi connectivity index (χ1v) is 17.1. The van der Waals surface area contributed by atoms with Crippen molar-refractivity contribution < 1.29 is 24.1 Å². The highest BCUT2D eigenvalue weighted by molar-refractivity contribution is 5.89. The summed E-state index contributed by atoms with van der Waals surface area (Å²) in [7, 11) is 1.68. The maximum atomic E-state index is 12.0. The molecule has 0 saturated carbocycles. The first-order chi connectivity index (χ1) is 24.6. The van der Waals surface area contributed by atoms with Gasteiger partial charge in [-0.15, -0.1) is 0 Å². The van der Waals surface area contributed by atoms with E-state index in [0.29, 0.717) is 32.7 Å². The summed E-state index contributed by atoms with van der Waals surface area (Å²) in [5, 5.41) is 12.0. The Morgan fingerprint density at radius 3 is 1.88 bits per heavy atom. The van der Waals surface area contributed by atoms with Gasteiger partial charge < -0.3 is 24.2 Å². The molecule has 2 atom stereocenters. The number of carbonyl (C=O) groups is 1. The van der Waals surface area contributed by atoms with E-state index >= 15 is 0 Å². The van der Waals surface area contributed by atoms with E-state index in [4.69, 9.17) is 14.2 Å². The number of hydrogen-bond donors (Lipinski definition) is 1. The van der Waals surface area contributed by atoms with E-state index in [1.807, 2.05) is 42.5 Å². The number of likely N-dealkylation sites (tertiary alicyclic amines) is 1. The monoisotopic (exact) mass is 663 g/mol. The van der Waals surface area contributed by atoms with Crippen molar-refractivity contribution in [1.29, 1.82) is 0 Å². The van der Waals surface area contributed by atoms with E-state index in [1.54, 1.807) is 7.11 Å². The van der Waals surface area contributed by atoms with Gasteiger partial charge in [-0.25, -0.2) is 4.79 Å². The third-order valence-corrected chi connectivity index (χ3v) is 9.85. The topological polar surface area (TPSA) is 68.2 Å². The molecule has 0 aliphatic carbocycles. The van der Waals surface area contributed by atoms with Crippen LogP contribution in [0.4, 0.5) is 4.79 Å². The number of fused-ring (bicyclic) bond motifs is 1. The van der Waals surface area contributed by atoms with Gasteiger partial charge in [-0.3, -0.25) is 0 Å². The van der Waals surface area contributed by atoms with Crippen molar-refractivity contribution in [1.82, 2.24) is 4.90 Å². The molecule has 1 aliphatic heterocycles. The van der Waals surface area contributed by atoms with E-state index in [-0.39, 0.29) is 12.0 Å². The lowest BCUT2D eigenvalue weighted by atomic mass is 9.80. The fourth-order valence-electron chi connectivity index (χ4n) is 7.30. The number of nitrogens with zero attached hydrogens (tertiary/aromatic N) is 1. The van der Waals surface area contributed by atoms with Crippen molar-refractivity contribution in [3.63, 3.8) is 0 Å². The number of amides is 1. The summed E-state index contributed by atoms with van der Waals surface area (Å²) in [6.45, 7) is 1.46. The molecule has 1 fully saturated rings. The van der Waals surface area contributed by atoms with Crippen molar-refractivity contribution in [3.8, 4) is 5.75 Å². The van der Waals surface area contributed by atoms with Gasteiger partial charge in [0.2, 0.25) is 0 Å². The molecular weight excluding hydrogens is 622 g/mol. The molecule has 0 bridgehead atoms. The quantitative estimate of drug-likeness (QED) is 0.140. The lowest BCUT2D eigenvalue weighted by Gasteiger charge is -2.37. The zero-order valence-electron chi connectivity index (χ0n) is 28.2. The number of hydrogen-bond acceptors (Lipinski definition) is 4. The minimum atomic E-state index is -0.924. The average molecular weight is 664 g/mol. The Balaban J connectivity index is 1.14. The molecule has 0 radical (unpaired) electrons. The second-order valence-corrected chi connectivity index (χ2v) is 12.8. The predicted octanol–water partition coefficient (Wildman–Crippen LogP) is 9.41. The molecule has 6 heteroatoms. The zero-order valence-corrected chi connectivity index (χ0v) is 28.2. The van der Waals surface area contributed by atoms with Gasteiger partial charge >= 0.3 is 6.09 Å². The second-order valence-electron chi connectivity index (χ2n) is 12.8. The van der Waals surface area contributed by atoms with Crippen molar-refractivity contribution in [3.05, 3.63) is 185 Å². The highest BCUT2D eigenvalue weighted by Gasteiger charge is 2.38. The van der Waals surface area contributed by atoms with Crippen LogP contribution in [0.25, 0.3) is 10.8 Å². The molecular formula is C44H41NO5. The van der Waals surface area contributed by atoms with Crippen LogP contribution in [-0.4, -0.2) is 42.4 Å². The van der Waals surface area contributed by atoms with Gasteiger partial charge in [-0.05, 0) is 39.6 Å². The summed E-state index contributed by atoms with van der Waals surface area (Å²) in [5.74, 6) is 0.816. The Morgan fingerprint density at radius 2 is 1.30 bits per heavy atom. The van der Waals surface area contributed by atoms with Crippen LogP contribution in [0.2, 0.25) is 0 Å². The second kappa shape index (κ2) is 15.0. The largest absolute Gasteiger partial charge is 0.496 e. The minimum Gasteiger partial charge on any atom is -0.496 e. The average Bonchev–Trinajstić information content (AvgIpc) is 3.18. The molecule has 252 valence electrons. The summed E-state index contributed by atoms with van der Waals surface area (Å²) in [5.41, 5.74) is 5.46. The van der Waals surface area contributed by atoms with Crippen molar-refractivity contribution in [2.24, 2.45) is 0 Å². The number of methoxy groups -OCH3 is 1. The van der Waals surface area contributed by atoms with E-state index < -0.39 is 11.7 Å². The molecule has 1 heterocycles. The SMILES string of the molecule is COc1c(COC2CN(C(=O)O)CCC2c2ccc(COC(c3ccccc3)(c3ccccc3)c3ccccc3)cc2)ccc2ccccc12. The Morgan fingerprint density at radius 1 is 0.720 bits per heavy atom. The number of benzene rings is 6. The zero-order chi connectivity index (χ0) is 34.3.